The van der Waals surface area contributed by atoms with E-state index in [1.807, 2.05) is 34.8 Å². The molecule has 2 unspecified atom stereocenters. The van der Waals surface area contributed by atoms with Crippen LogP contribution in [-0.2, 0) is 14.3 Å². The van der Waals surface area contributed by atoms with E-state index in [0.29, 0.717) is 35.2 Å². The second kappa shape index (κ2) is 19.3. The van der Waals surface area contributed by atoms with Crippen LogP contribution in [0.15, 0.2) is 36.4 Å². The van der Waals surface area contributed by atoms with Gasteiger partial charge in [0.2, 0.25) is 12.3 Å². The van der Waals surface area contributed by atoms with Gasteiger partial charge in [0.05, 0.1) is 17.2 Å². The molecule has 2 aromatic rings. The molecule has 2 aromatic carbocycles. The number of nitrogens with one attached hydrogen (secondary N) is 2. The maximum Gasteiger partial charge on any atom is 0.235 e. The molecule has 2 amide bonds. The topological polar surface area (TPSA) is 93.5 Å². The van der Waals surface area contributed by atoms with Gasteiger partial charge in [-0.3, -0.25) is 9.59 Å². The van der Waals surface area contributed by atoms with Gasteiger partial charge in [-0.15, -0.1) is 0 Å². The number of carbonyl (C=O) groups excluding carboxylic acids is 2. The minimum Gasteiger partial charge on any atom is -0.381 e. The van der Waals surface area contributed by atoms with Gasteiger partial charge in [0.25, 0.3) is 0 Å². The molecule has 4 N–H and O–H groups in total. The summed E-state index contributed by atoms with van der Waals surface area (Å²) in [5.41, 5.74) is 7.21. The second-order valence-electron chi connectivity index (χ2n) is 11.6. The molecule has 9 heteroatoms. The molecule has 1 aliphatic carbocycles. The van der Waals surface area contributed by atoms with Gasteiger partial charge in [-0.05, 0) is 54.0 Å². The summed E-state index contributed by atoms with van der Waals surface area (Å²) >= 11 is 12.2. The van der Waals surface area contributed by atoms with Crippen molar-refractivity contribution in [1.29, 1.82) is 0 Å². The van der Waals surface area contributed by atoms with Crippen molar-refractivity contribution in [2.45, 2.75) is 117 Å². The number of rotatable bonds is 7. The Labute approximate surface area is 268 Å². The van der Waals surface area contributed by atoms with Gasteiger partial charge in [0.1, 0.15) is 5.82 Å². The first-order valence-corrected chi connectivity index (χ1v) is 16.2. The van der Waals surface area contributed by atoms with Crippen molar-refractivity contribution in [2.75, 3.05) is 12.4 Å². The summed E-state index contributed by atoms with van der Waals surface area (Å²) in [7, 11) is 1.82. The van der Waals surface area contributed by atoms with Crippen LogP contribution in [-0.4, -0.2) is 37.6 Å². The lowest BCUT2D eigenvalue weighted by molar-refractivity contribution is -0.120. The lowest BCUT2D eigenvalue weighted by Crippen LogP contribution is -2.42. The van der Waals surface area contributed by atoms with Crippen molar-refractivity contribution in [1.82, 2.24) is 5.32 Å². The van der Waals surface area contributed by atoms with E-state index in [4.69, 9.17) is 33.7 Å². The Morgan fingerprint density at radius 3 is 2.19 bits per heavy atom. The number of hydrogen-bond acceptors (Lipinski definition) is 4. The van der Waals surface area contributed by atoms with E-state index in [-0.39, 0.29) is 22.4 Å². The molecule has 43 heavy (non-hydrogen) atoms. The average molecular weight is 641 g/mol. The second-order valence-corrected chi connectivity index (χ2v) is 12.4. The Morgan fingerprint density at radius 2 is 1.67 bits per heavy atom. The monoisotopic (exact) mass is 639 g/mol. The molecule has 2 aliphatic rings. The van der Waals surface area contributed by atoms with Crippen LogP contribution in [0.25, 0.3) is 0 Å². The number of ether oxygens (including phenoxy) is 1. The van der Waals surface area contributed by atoms with Gasteiger partial charge in [0.15, 0.2) is 0 Å². The summed E-state index contributed by atoms with van der Waals surface area (Å²) in [6, 6.07) is 8.87. The van der Waals surface area contributed by atoms with Crippen LogP contribution in [0.5, 0.6) is 0 Å². The minimum atomic E-state index is -0.815. The Balaban J connectivity index is 0.000000651. The lowest BCUT2D eigenvalue weighted by atomic mass is 9.73. The van der Waals surface area contributed by atoms with Crippen molar-refractivity contribution in [2.24, 2.45) is 11.1 Å². The van der Waals surface area contributed by atoms with Gasteiger partial charge < -0.3 is 21.1 Å². The standard InChI is InChI=1S/C23H26Cl2FN3O2.C7H14O.2C2H6/c1-23(2,3)10-17-18(13-8-7-12(24)9-16(13)28-11-30)19(21(29-17)22(27)31)14-5-4-6-15(25)20(14)26;1-8-7-5-3-2-4-6-7;2*1-2/h4-9,11,17-19,21,29H,10H2,1-3H3,(H2,27,31)(H,28,30);7H,2-6H2,1H3;2*1-2H3/t17-,18?,19+,21?;;;/m0.../s1. The molecule has 1 saturated carbocycles. The summed E-state index contributed by atoms with van der Waals surface area (Å²) in [4.78, 5) is 23.7. The molecular weight excluding hydrogens is 588 g/mol. The smallest absolute Gasteiger partial charge is 0.235 e. The normalized spacial score (nSPS) is 21.7. The highest BCUT2D eigenvalue weighted by atomic mass is 35.5. The molecule has 1 heterocycles. The molecule has 6 nitrogen and oxygen atoms in total. The Bertz CT molecular complexity index is 1140. The van der Waals surface area contributed by atoms with Crippen LogP contribution >= 0.6 is 23.2 Å². The Hall–Kier alpha value is -2.19. The molecule has 0 bridgehead atoms. The van der Waals surface area contributed by atoms with E-state index < -0.39 is 23.7 Å². The minimum absolute atomic E-state index is 0.0268. The third-order valence-electron chi connectivity index (χ3n) is 7.53. The van der Waals surface area contributed by atoms with E-state index in [2.05, 4.69) is 31.4 Å². The third kappa shape index (κ3) is 11.4. The highest BCUT2D eigenvalue weighted by Crippen LogP contribution is 2.49. The lowest BCUT2D eigenvalue weighted by Gasteiger charge is -2.31. The number of hydrogen-bond donors (Lipinski definition) is 3. The zero-order valence-electron chi connectivity index (χ0n) is 27.1. The predicted molar refractivity (Wildman–Crippen MR) is 179 cm³/mol. The predicted octanol–water partition coefficient (Wildman–Crippen LogP) is 8.85. The molecule has 0 spiro atoms. The van der Waals surface area contributed by atoms with Gasteiger partial charge in [-0.25, -0.2) is 4.39 Å². The van der Waals surface area contributed by atoms with Gasteiger partial charge >= 0.3 is 0 Å². The van der Waals surface area contributed by atoms with E-state index in [9.17, 15) is 9.59 Å². The fourth-order valence-corrected chi connectivity index (χ4v) is 6.22. The fraction of sp³-hybridized carbons (Fsp3) is 0.588. The summed E-state index contributed by atoms with van der Waals surface area (Å²) in [6.07, 6.45) is 8.58. The number of methoxy groups -OCH3 is 1. The molecule has 2 fully saturated rings. The highest BCUT2D eigenvalue weighted by Gasteiger charge is 2.49. The number of primary amides is 1. The zero-order chi connectivity index (χ0) is 32.7. The average Bonchev–Trinajstić information content (AvgIpc) is 3.35. The van der Waals surface area contributed by atoms with E-state index >= 15 is 4.39 Å². The molecular formula is C34H52Cl2FN3O3. The van der Waals surface area contributed by atoms with Crippen LogP contribution in [0.4, 0.5) is 10.1 Å². The molecule has 0 aromatic heterocycles. The van der Waals surface area contributed by atoms with Crippen LogP contribution in [0.3, 0.4) is 0 Å². The van der Waals surface area contributed by atoms with Crippen molar-refractivity contribution in [3.8, 4) is 0 Å². The summed E-state index contributed by atoms with van der Waals surface area (Å²) in [5.74, 6) is -2.16. The number of amides is 2. The van der Waals surface area contributed by atoms with E-state index in [1.54, 1.807) is 30.3 Å². The number of halogens is 3. The van der Waals surface area contributed by atoms with Crippen molar-refractivity contribution >= 4 is 41.2 Å². The van der Waals surface area contributed by atoms with Gasteiger partial charge in [0, 0.05) is 35.7 Å². The molecule has 4 rings (SSSR count). The van der Waals surface area contributed by atoms with Crippen LogP contribution < -0.4 is 16.4 Å². The maximum absolute atomic E-state index is 15.2. The van der Waals surface area contributed by atoms with Crippen molar-refractivity contribution in [3.63, 3.8) is 0 Å². The largest absolute Gasteiger partial charge is 0.381 e. The summed E-state index contributed by atoms with van der Waals surface area (Å²) < 4.78 is 20.3. The van der Waals surface area contributed by atoms with Crippen LogP contribution in [0, 0.1) is 11.2 Å². The summed E-state index contributed by atoms with van der Waals surface area (Å²) in [6.45, 7) is 14.3. The quantitative estimate of drug-likeness (QED) is 0.264. The Morgan fingerprint density at radius 1 is 1.05 bits per heavy atom. The number of anilines is 1. The summed E-state index contributed by atoms with van der Waals surface area (Å²) in [5, 5.41) is 6.45. The number of nitrogens with two attached hydrogens (primary N) is 1. The van der Waals surface area contributed by atoms with E-state index in [1.165, 1.54) is 38.2 Å². The van der Waals surface area contributed by atoms with Gasteiger partial charge in [-0.2, -0.15) is 0 Å². The molecule has 242 valence electrons. The van der Waals surface area contributed by atoms with Crippen LogP contribution in [0.2, 0.25) is 10.0 Å². The highest BCUT2D eigenvalue weighted by molar-refractivity contribution is 6.31. The first kappa shape index (κ1) is 38.8. The molecule has 1 aliphatic heterocycles. The number of benzene rings is 2. The third-order valence-corrected chi connectivity index (χ3v) is 8.05. The van der Waals surface area contributed by atoms with E-state index in [0.717, 1.165) is 5.56 Å². The first-order valence-electron chi connectivity index (χ1n) is 15.5. The molecule has 1 saturated heterocycles. The number of carbonyl (C=O) groups is 2. The SMILES string of the molecule is CC.CC.CC(C)(C)C[C@@H]1NC(C(N)=O)[C@H](c2cccc(Cl)c2F)C1c1ccc(Cl)cc1NC=O.COC1CCCCC1. The molecule has 0 radical (unpaired) electrons. The van der Waals surface area contributed by atoms with Crippen LogP contribution in [0.1, 0.15) is 110 Å². The van der Waals surface area contributed by atoms with Crippen molar-refractivity contribution < 1.29 is 18.7 Å². The molecule has 4 atom stereocenters. The maximum atomic E-state index is 15.2. The van der Waals surface area contributed by atoms with Crippen molar-refractivity contribution in [3.05, 3.63) is 63.4 Å². The first-order chi connectivity index (χ1) is 20.5. The van der Waals surface area contributed by atoms with Gasteiger partial charge in [-0.1, -0.05) is 109 Å². The zero-order valence-corrected chi connectivity index (χ0v) is 28.6. The Kier molecular flexibility index (Phi) is 17.4. The fourth-order valence-electron chi connectivity index (χ4n) is 5.87.